The van der Waals surface area contributed by atoms with Crippen molar-refractivity contribution in [2.75, 3.05) is 19.9 Å². The fraction of sp³-hybridized carbons (Fsp3) is 0.217. The molecule has 162 valence electrons. The van der Waals surface area contributed by atoms with Crippen LogP contribution < -0.4 is 14.8 Å². The molecule has 0 spiro atoms. The third-order valence-corrected chi connectivity index (χ3v) is 5.89. The predicted octanol–water partition coefficient (Wildman–Crippen LogP) is 3.07. The van der Waals surface area contributed by atoms with E-state index in [0.29, 0.717) is 28.4 Å². The molecule has 32 heavy (non-hydrogen) atoms. The number of nitriles is 1. The topological polar surface area (TPSA) is 109 Å². The van der Waals surface area contributed by atoms with Gasteiger partial charge in [-0.15, -0.1) is 0 Å². The first-order chi connectivity index (χ1) is 15.5. The molecule has 0 radical (unpaired) electrons. The molecule has 0 aromatic heterocycles. The molecule has 0 unspecified atom stereocenters. The van der Waals surface area contributed by atoms with Crippen molar-refractivity contribution in [2.45, 2.75) is 12.8 Å². The van der Waals surface area contributed by atoms with Crippen LogP contribution in [-0.4, -0.2) is 41.8 Å². The Morgan fingerprint density at radius 3 is 2.84 bits per heavy atom. The molecule has 2 aliphatic heterocycles. The Labute approximate surface area is 188 Å². The number of carbonyl (C=O) groups excluding carboxylic acids is 3. The van der Waals surface area contributed by atoms with Crippen molar-refractivity contribution in [3.05, 3.63) is 64.1 Å². The summed E-state index contributed by atoms with van der Waals surface area (Å²) in [7, 11) is 0. The summed E-state index contributed by atoms with van der Waals surface area (Å²) in [5.74, 6) is 0.635. The third kappa shape index (κ3) is 4.76. The summed E-state index contributed by atoms with van der Waals surface area (Å²) in [4.78, 5) is 38.5. The van der Waals surface area contributed by atoms with Crippen LogP contribution in [0.5, 0.6) is 11.5 Å². The Morgan fingerprint density at radius 1 is 1.19 bits per heavy atom. The van der Waals surface area contributed by atoms with Crippen LogP contribution in [-0.2, 0) is 16.0 Å². The number of amides is 3. The van der Waals surface area contributed by atoms with Crippen LogP contribution in [0.25, 0.3) is 6.08 Å². The quantitative estimate of drug-likeness (QED) is 0.647. The van der Waals surface area contributed by atoms with Gasteiger partial charge in [0.2, 0.25) is 12.7 Å². The van der Waals surface area contributed by atoms with E-state index in [1.807, 2.05) is 12.1 Å². The van der Waals surface area contributed by atoms with Gasteiger partial charge in [-0.25, -0.2) is 0 Å². The van der Waals surface area contributed by atoms with Crippen LogP contribution in [0, 0.1) is 11.3 Å². The second-order valence-corrected chi connectivity index (χ2v) is 8.06. The molecule has 2 aliphatic rings. The largest absolute Gasteiger partial charge is 0.454 e. The summed E-state index contributed by atoms with van der Waals surface area (Å²) in [5.41, 5.74) is 2.09. The third-order valence-electron chi connectivity index (χ3n) is 4.98. The highest BCUT2D eigenvalue weighted by molar-refractivity contribution is 8.18. The number of nitrogens with one attached hydrogen (secondary N) is 1. The molecular weight excluding hydrogens is 430 g/mol. The molecule has 0 bridgehead atoms. The molecule has 0 atom stereocenters. The maximum absolute atomic E-state index is 12.6. The first-order valence-corrected chi connectivity index (χ1v) is 10.8. The van der Waals surface area contributed by atoms with Crippen LogP contribution >= 0.6 is 11.8 Å². The minimum atomic E-state index is -0.394. The molecule has 4 rings (SSSR count). The molecule has 2 aromatic carbocycles. The summed E-state index contributed by atoms with van der Waals surface area (Å²) in [5, 5.41) is 11.5. The molecule has 9 heteroatoms. The predicted molar refractivity (Wildman–Crippen MR) is 118 cm³/mol. The molecule has 1 saturated heterocycles. The highest BCUT2D eigenvalue weighted by Gasteiger charge is 2.34. The maximum Gasteiger partial charge on any atom is 0.293 e. The summed E-state index contributed by atoms with van der Waals surface area (Å²) in [6.07, 6.45) is 2.29. The lowest BCUT2D eigenvalue weighted by Gasteiger charge is -2.13. The number of thioether (sulfide) groups is 1. The molecule has 0 saturated carbocycles. The van der Waals surface area contributed by atoms with Crippen LogP contribution in [0.15, 0.2) is 47.4 Å². The molecule has 0 aliphatic carbocycles. The first-order valence-electron chi connectivity index (χ1n) is 9.95. The van der Waals surface area contributed by atoms with Gasteiger partial charge >= 0.3 is 0 Å². The highest BCUT2D eigenvalue weighted by atomic mass is 32.2. The SMILES string of the molecule is N#Cc1ccccc1CCC(=O)NCCN1C(=O)S/C(=C/c2ccc3c(c2)OCO3)C1=O. The molecule has 3 amide bonds. The van der Waals surface area contributed by atoms with Gasteiger partial charge in [-0.2, -0.15) is 5.26 Å². The fourth-order valence-corrected chi connectivity index (χ4v) is 4.20. The molecule has 1 N–H and O–H groups in total. The number of nitrogens with zero attached hydrogens (tertiary/aromatic N) is 2. The molecular formula is C23H19N3O5S. The van der Waals surface area contributed by atoms with Gasteiger partial charge in [0, 0.05) is 19.5 Å². The Hall–Kier alpha value is -3.77. The van der Waals surface area contributed by atoms with E-state index in [-0.39, 0.29) is 37.4 Å². The van der Waals surface area contributed by atoms with Crippen molar-refractivity contribution in [3.8, 4) is 17.6 Å². The summed E-state index contributed by atoms with van der Waals surface area (Å²) >= 11 is 0.864. The Balaban J connectivity index is 1.28. The van der Waals surface area contributed by atoms with E-state index in [2.05, 4.69) is 11.4 Å². The monoisotopic (exact) mass is 449 g/mol. The number of imide groups is 1. The number of benzene rings is 2. The van der Waals surface area contributed by atoms with Gasteiger partial charge in [0.15, 0.2) is 11.5 Å². The molecule has 8 nitrogen and oxygen atoms in total. The van der Waals surface area contributed by atoms with E-state index in [4.69, 9.17) is 14.7 Å². The molecule has 1 fully saturated rings. The van der Waals surface area contributed by atoms with Crippen LogP contribution in [0.1, 0.15) is 23.1 Å². The maximum atomic E-state index is 12.6. The van der Waals surface area contributed by atoms with Crippen LogP contribution in [0.4, 0.5) is 4.79 Å². The zero-order chi connectivity index (χ0) is 22.5. The standard InChI is InChI=1S/C23H19N3O5S/c24-13-17-4-2-1-3-16(17)6-8-21(27)25-9-10-26-22(28)20(32-23(26)29)12-15-5-7-18-19(11-15)31-14-30-18/h1-5,7,11-12H,6,8-10,14H2,(H,25,27)/b20-12+. The second-order valence-electron chi connectivity index (χ2n) is 7.06. The summed E-state index contributed by atoms with van der Waals surface area (Å²) in [6.45, 7) is 0.406. The van der Waals surface area contributed by atoms with E-state index in [0.717, 1.165) is 27.8 Å². The highest BCUT2D eigenvalue weighted by Crippen LogP contribution is 2.36. The zero-order valence-corrected chi connectivity index (χ0v) is 17.8. The average Bonchev–Trinajstić information content (AvgIpc) is 3.37. The zero-order valence-electron chi connectivity index (χ0n) is 17.0. The smallest absolute Gasteiger partial charge is 0.293 e. The number of hydrogen-bond donors (Lipinski definition) is 1. The normalized spacial score (nSPS) is 15.8. The number of hydrogen-bond acceptors (Lipinski definition) is 7. The van der Waals surface area contributed by atoms with Crippen LogP contribution in [0.2, 0.25) is 0 Å². The van der Waals surface area contributed by atoms with Gasteiger partial charge in [-0.3, -0.25) is 19.3 Å². The van der Waals surface area contributed by atoms with E-state index in [1.54, 1.807) is 36.4 Å². The number of fused-ring (bicyclic) bond motifs is 1. The van der Waals surface area contributed by atoms with Gasteiger partial charge in [-0.05, 0) is 53.6 Å². The van der Waals surface area contributed by atoms with Crippen molar-refractivity contribution in [1.82, 2.24) is 10.2 Å². The van der Waals surface area contributed by atoms with E-state index >= 15 is 0 Å². The molecule has 2 aromatic rings. The van der Waals surface area contributed by atoms with Gasteiger partial charge < -0.3 is 14.8 Å². The average molecular weight is 449 g/mol. The minimum Gasteiger partial charge on any atom is -0.454 e. The van der Waals surface area contributed by atoms with Gasteiger partial charge in [0.05, 0.1) is 16.5 Å². The molecule has 2 heterocycles. The van der Waals surface area contributed by atoms with Crippen molar-refractivity contribution < 1.29 is 23.9 Å². The van der Waals surface area contributed by atoms with Crippen LogP contribution in [0.3, 0.4) is 0 Å². The lowest BCUT2D eigenvalue weighted by molar-refractivity contribution is -0.124. The first kappa shape index (κ1) is 21.5. The fourth-order valence-electron chi connectivity index (χ4n) is 3.34. The Kier molecular flexibility index (Phi) is 6.42. The number of aryl methyl sites for hydroxylation is 1. The van der Waals surface area contributed by atoms with E-state index in [1.165, 1.54) is 0 Å². The summed E-state index contributed by atoms with van der Waals surface area (Å²) < 4.78 is 10.6. The van der Waals surface area contributed by atoms with Crippen molar-refractivity contribution >= 4 is 34.9 Å². The Morgan fingerprint density at radius 2 is 2.00 bits per heavy atom. The van der Waals surface area contributed by atoms with Gasteiger partial charge in [0.1, 0.15) is 0 Å². The Bertz CT molecular complexity index is 1150. The van der Waals surface area contributed by atoms with Gasteiger partial charge in [-0.1, -0.05) is 24.3 Å². The van der Waals surface area contributed by atoms with E-state index < -0.39 is 5.91 Å². The van der Waals surface area contributed by atoms with E-state index in [9.17, 15) is 14.4 Å². The van der Waals surface area contributed by atoms with Crippen molar-refractivity contribution in [2.24, 2.45) is 0 Å². The van der Waals surface area contributed by atoms with Crippen molar-refractivity contribution in [1.29, 1.82) is 5.26 Å². The lowest BCUT2D eigenvalue weighted by Crippen LogP contribution is -2.37. The number of rotatable bonds is 7. The number of carbonyl (C=O) groups is 3. The summed E-state index contributed by atoms with van der Waals surface area (Å²) in [6, 6.07) is 14.5. The minimum absolute atomic E-state index is 0.0870. The van der Waals surface area contributed by atoms with Crippen molar-refractivity contribution in [3.63, 3.8) is 0 Å². The lowest BCUT2D eigenvalue weighted by atomic mass is 10.0. The second kappa shape index (κ2) is 9.58. The van der Waals surface area contributed by atoms with Gasteiger partial charge in [0.25, 0.3) is 11.1 Å². The number of ether oxygens (including phenoxy) is 2.